The van der Waals surface area contributed by atoms with E-state index in [1.165, 1.54) is 0 Å². The second-order valence-electron chi connectivity index (χ2n) is 0.559. The predicted octanol–water partition coefficient (Wildman–Crippen LogP) is -1.21. The fourth-order valence-corrected chi connectivity index (χ4v) is 0. The van der Waals surface area contributed by atoms with Gasteiger partial charge in [0.25, 0.3) is 0 Å². The van der Waals surface area contributed by atoms with Crippen molar-refractivity contribution in [2.75, 3.05) is 6.54 Å². The molecule has 0 fully saturated rings. The average molecular weight is 117 g/mol. The van der Waals surface area contributed by atoms with E-state index in [0.29, 0.717) is 0 Å². The molecule has 2 nitrogen and oxygen atoms in total. The Hall–Kier alpha value is 1.20. The Kier molecular flexibility index (Phi) is 10.6. The fraction of sp³-hybridized carbons (Fsp3) is 0.500. The van der Waals surface area contributed by atoms with Crippen LogP contribution in [0.1, 0.15) is 0 Å². The van der Waals surface area contributed by atoms with Crippen LogP contribution in [-0.2, 0) is 4.79 Å². The van der Waals surface area contributed by atoms with Crippen molar-refractivity contribution in [2.45, 2.75) is 0 Å². The molecule has 0 aromatic rings. The van der Waals surface area contributed by atoms with E-state index in [2.05, 4.69) is 5.73 Å². The van der Waals surface area contributed by atoms with Gasteiger partial charge in [0.15, 0.2) is 0 Å². The first-order valence-electron chi connectivity index (χ1n) is 1.15. The molecule has 0 aliphatic heterocycles. The molecular weight excluding hydrogens is 112 g/mol. The Labute approximate surface area is 77.7 Å². The summed E-state index contributed by atoms with van der Waals surface area (Å²) in [7, 11) is 0. The van der Waals surface area contributed by atoms with E-state index >= 15 is 0 Å². The van der Waals surface area contributed by atoms with E-state index in [9.17, 15) is 4.39 Å². The minimum absolute atomic E-state index is 0. The van der Waals surface area contributed by atoms with Crippen LogP contribution in [0.25, 0.3) is 0 Å². The molecule has 2 N–H and O–H groups in total. The molecule has 0 aliphatic rings. The molecule has 0 aromatic heterocycles. The van der Waals surface area contributed by atoms with Gasteiger partial charge in [-0.05, 0) is 0 Å². The second kappa shape index (κ2) is 6.20. The van der Waals surface area contributed by atoms with Crippen LogP contribution in [0, 0.1) is 0 Å². The summed E-state index contributed by atoms with van der Waals surface area (Å²) in [6.45, 7) is -0.500. The maximum atomic E-state index is 10.7. The molecule has 6 heavy (non-hydrogen) atoms. The van der Waals surface area contributed by atoms with Gasteiger partial charge in [-0.1, -0.05) is 0 Å². The van der Waals surface area contributed by atoms with Gasteiger partial charge in [-0.3, -0.25) is 4.79 Å². The minimum atomic E-state index is -1.47. The van der Waals surface area contributed by atoms with Crippen LogP contribution in [0.3, 0.4) is 0 Å². The van der Waals surface area contributed by atoms with Gasteiger partial charge in [0.1, 0.15) is 0 Å². The molecule has 0 aliphatic carbocycles. The van der Waals surface area contributed by atoms with Gasteiger partial charge in [-0.15, -0.1) is 0 Å². The van der Waals surface area contributed by atoms with E-state index in [0.717, 1.165) is 0 Å². The average Bonchev–Trinajstić information content (AvgIpc) is 1.38. The third kappa shape index (κ3) is 8.96. The molecule has 0 radical (unpaired) electrons. The van der Waals surface area contributed by atoms with Gasteiger partial charge in [0.05, 0.1) is 6.54 Å². The Morgan fingerprint density at radius 1 is 1.83 bits per heavy atom. The monoisotopic (exact) mass is 117 g/mol. The predicted molar refractivity (Wildman–Crippen MR) is 22.3 cm³/mol. The van der Waals surface area contributed by atoms with E-state index in [-0.39, 0.29) is 51.4 Å². The van der Waals surface area contributed by atoms with Gasteiger partial charge in [-0.2, -0.15) is 4.39 Å². The number of hydrogen-bond donors (Lipinski definition) is 1. The topological polar surface area (TPSA) is 43.1 Å². The van der Waals surface area contributed by atoms with E-state index in [1.54, 1.807) is 0 Å². The summed E-state index contributed by atoms with van der Waals surface area (Å²) in [6.07, 6.45) is 0. The van der Waals surface area contributed by atoms with Crippen LogP contribution in [0.15, 0.2) is 0 Å². The van der Waals surface area contributed by atoms with E-state index in [4.69, 9.17) is 4.79 Å². The second-order valence-corrected chi connectivity index (χ2v) is 0.559. The molecule has 0 spiro atoms. The Morgan fingerprint density at radius 2 is 2.00 bits per heavy atom. The zero-order valence-electron chi connectivity index (χ0n) is 2.57. The summed E-state index contributed by atoms with van der Waals surface area (Å²) in [5.74, 6) is 0. The zero-order chi connectivity index (χ0) is 4.28. The summed E-state index contributed by atoms with van der Waals surface area (Å²) >= 11 is 0. The molecule has 0 saturated carbocycles. The first kappa shape index (κ1) is 10.2. The van der Waals surface area contributed by atoms with Crippen molar-refractivity contribution in [3.05, 3.63) is 0 Å². The van der Waals surface area contributed by atoms with Gasteiger partial charge in [0, 0.05) is 0 Å². The van der Waals surface area contributed by atoms with Crippen LogP contribution in [0.4, 0.5) is 4.39 Å². The normalized spacial score (nSPS) is 6.33. The number of hydrogen-bond acceptors (Lipinski definition) is 2. The fourth-order valence-electron chi connectivity index (χ4n) is 0. The third-order valence-electron chi connectivity index (χ3n) is 0.160. The number of carbonyl (C=O) groups excluding carboxylic acids is 1. The van der Waals surface area contributed by atoms with Gasteiger partial charge >= 0.3 is 57.4 Å². The van der Waals surface area contributed by atoms with Crippen molar-refractivity contribution in [1.29, 1.82) is 0 Å². The number of nitrogens with two attached hydrogens (primary N) is 1. The SMILES string of the molecule is NCC(=O)F.[KH]. The molecule has 0 rings (SSSR count). The molecule has 0 aromatic carbocycles. The van der Waals surface area contributed by atoms with Crippen LogP contribution < -0.4 is 5.73 Å². The van der Waals surface area contributed by atoms with Crippen molar-refractivity contribution >= 4 is 57.4 Å². The summed E-state index contributed by atoms with van der Waals surface area (Å²) in [5.41, 5.74) is 4.45. The molecule has 0 saturated heterocycles. The first-order chi connectivity index (χ1) is 2.27. The van der Waals surface area contributed by atoms with Crippen molar-refractivity contribution in [3.63, 3.8) is 0 Å². The van der Waals surface area contributed by atoms with Crippen molar-refractivity contribution in [1.82, 2.24) is 0 Å². The number of halogens is 1. The summed E-state index contributed by atoms with van der Waals surface area (Å²) in [6, 6.07) is -1.47. The Morgan fingerprint density at radius 3 is 2.00 bits per heavy atom. The number of rotatable bonds is 1. The summed E-state index contributed by atoms with van der Waals surface area (Å²) in [4.78, 5) is 9.02. The molecule has 4 heteroatoms. The van der Waals surface area contributed by atoms with Crippen molar-refractivity contribution in [2.24, 2.45) is 5.73 Å². The molecule has 0 heterocycles. The summed E-state index contributed by atoms with van der Waals surface area (Å²) < 4.78 is 10.7. The van der Waals surface area contributed by atoms with Crippen LogP contribution in [0.5, 0.6) is 0 Å². The third-order valence-corrected chi connectivity index (χ3v) is 0.160. The van der Waals surface area contributed by atoms with Crippen LogP contribution in [0.2, 0.25) is 0 Å². The molecule has 0 unspecified atom stereocenters. The quantitative estimate of drug-likeness (QED) is 0.346. The van der Waals surface area contributed by atoms with Gasteiger partial charge < -0.3 is 5.73 Å². The first-order valence-corrected chi connectivity index (χ1v) is 1.15. The summed E-state index contributed by atoms with van der Waals surface area (Å²) in [5, 5.41) is 0. The van der Waals surface area contributed by atoms with Crippen LogP contribution in [-0.4, -0.2) is 64.0 Å². The van der Waals surface area contributed by atoms with E-state index < -0.39 is 12.6 Å². The zero-order valence-corrected chi connectivity index (χ0v) is 2.57. The van der Waals surface area contributed by atoms with Crippen LogP contribution >= 0.6 is 0 Å². The molecule has 0 amide bonds. The maximum absolute atomic E-state index is 10.7. The van der Waals surface area contributed by atoms with Gasteiger partial charge in [-0.25, -0.2) is 0 Å². The molecule has 0 bridgehead atoms. The van der Waals surface area contributed by atoms with Crippen molar-refractivity contribution in [3.8, 4) is 0 Å². The van der Waals surface area contributed by atoms with E-state index in [1.807, 2.05) is 0 Å². The Balaban J connectivity index is 0. The molecule has 32 valence electrons. The standard InChI is InChI=1S/C2H4FNO.K.H/c3-2(5)1-4;;/h1,4H2;;. The molecule has 0 atom stereocenters. The molecular formula is C2H5FKNO. The number of carbonyl (C=O) groups is 1. The van der Waals surface area contributed by atoms with Crippen molar-refractivity contribution < 1.29 is 9.18 Å². The Bertz CT molecular complexity index is 48.8. The van der Waals surface area contributed by atoms with Gasteiger partial charge in [0.2, 0.25) is 0 Å².